The summed E-state index contributed by atoms with van der Waals surface area (Å²) in [6.07, 6.45) is -0.00386. The van der Waals surface area contributed by atoms with Crippen LogP contribution < -0.4 is 0 Å². The lowest BCUT2D eigenvalue weighted by Gasteiger charge is -2.24. The van der Waals surface area contributed by atoms with Crippen LogP contribution in [0.2, 0.25) is 0 Å². The highest BCUT2D eigenvalue weighted by Crippen LogP contribution is 2.54. The lowest BCUT2D eigenvalue weighted by Crippen LogP contribution is -2.27. The number of carbonyl (C=O) groups excluding carboxylic acids is 1. The molecule has 0 aliphatic heterocycles. The molecule has 6 nitrogen and oxygen atoms in total. The summed E-state index contributed by atoms with van der Waals surface area (Å²) in [5.74, 6) is -0.660. The maximum atomic E-state index is 12.4. The lowest BCUT2D eigenvalue weighted by atomic mass is 10.3. The molecule has 1 atom stereocenters. The molecule has 1 N–H and O–H groups in total. The Hall–Kier alpha value is -0.420. The Morgan fingerprint density at radius 1 is 1.18 bits per heavy atom. The maximum Gasteiger partial charge on any atom is 0.344 e. The molecule has 0 aromatic heterocycles. The highest BCUT2D eigenvalue weighted by Gasteiger charge is 2.41. The number of hydrogen-bond donors (Lipinski definition) is 1. The first-order valence-electron chi connectivity index (χ1n) is 5.71. The Balaban J connectivity index is 4.94. The van der Waals surface area contributed by atoms with E-state index in [-0.39, 0.29) is 32.8 Å². The van der Waals surface area contributed by atoms with Gasteiger partial charge in [-0.05, 0) is 27.2 Å². The van der Waals surface area contributed by atoms with Crippen molar-refractivity contribution in [2.45, 2.75) is 32.9 Å². The first-order chi connectivity index (χ1) is 8.05. The van der Waals surface area contributed by atoms with Gasteiger partial charge in [0.15, 0.2) is 5.66 Å². The van der Waals surface area contributed by atoms with E-state index in [1.807, 2.05) is 0 Å². The van der Waals surface area contributed by atoms with Gasteiger partial charge in [-0.25, -0.2) is 0 Å². The normalized spacial score (nSPS) is 13.4. The van der Waals surface area contributed by atoms with Crippen molar-refractivity contribution in [3.63, 3.8) is 0 Å². The van der Waals surface area contributed by atoms with Crippen LogP contribution in [0.5, 0.6) is 0 Å². The third kappa shape index (κ3) is 5.17. The van der Waals surface area contributed by atoms with Crippen molar-refractivity contribution in [3.05, 3.63) is 0 Å². The molecular formula is C10H21O6P. The number of ether oxygens (including phenoxy) is 1. The number of aliphatic hydroxyl groups excluding tert-OH is 1. The topological polar surface area (TPSA) is 82.1 Å². The van der Waals surface area contributed by atoms with Crippen molar-refractivity contribution < 1.29 is 28.3 Å². The molecule has 0 fully saturated rings. The fourth-order valence-electron chi connectivity index (χ4n) is 1.34. The molecule has 0 radical (unpaired) electrons. The van der Waals surface area contributed by atoms with Gasteiger partial charge in [0.25, 0.3) is 0 Å². The van der Waals surface area contributed by atoms with Crippen molar-refractivity contribution in [2.75, 3.05) is 26.4 Å². The Bertz CT molecular complexity index is 258. The zero-order valence-corrected chi connectivity index (χ0v) is 11.4. The summed E-state index contributed by atoms with van der Waals surface area (Å²) in [5.41, 5.74) is -1.06. The monoisotopic (exact) mass is 268 g/mol. The summed E-state index contributed by atoms with van der Waals surface area (Å²) < 4.78 is 27.3. The van der Waals surface area contributed by atoms with Crippen LogP contribution in [-0.4, -0.2) is 43.2 Å². The molecule has 0 aliphatic rings. The summed E-state index contributed by atoms with van der Waals surface area (Å²) in [7, 11) is -3.57. The summed E-state index contributed by atoms with van der Waals surface area (Å²) in [6, 6.07) is 0. The predicted molar refractivity (Wildman–Crippen MR) is 63.0 cm³/mol. The van der Waals surface area contributed by atoms with Gasteiger partial charge in [0.2, 0.25) is 0 Å². The molecule has 0 aromatic carbocycles. The molecule has 0 amide bonds. The second-order valence-corrected chi connectivity index (χ2v) is 5.37. The number of carbonyl (C=O) groups is 1. The fourth-order valence-corrected chi connectivity index (χ4v) is 3.26. The van der Waals surface area contributed by atoms with E-state index in [0.29, 0.717) is 0 Å². The highest BCUT2D eigenvalue weighted by molar-refractivity contribution is 7.55. The minimum atomic E-state index is -3.57. The van der Waals surface area contributed by atoms with Gasteiger partial charge < -0.3 is 18.9 Å². The van der Waals surface area contributed by atoms with Gasteiger partial charge in [-0.2, -0.15) is 0 Å². The summed E-state index contributed by atoms with van der Waals surface area (Å²) in [5, 5.41) is 8.91. The minimum absolute atomic E-state index is 0.00386. The van der Waals surface area contributed by atoms with Gasteiger partial charge in [-0.15, -0.1) is 0 Å². The Labute approximate surface area is 102 Å². The van der Waals surface area contributed by atoms with E-state index in [0.717, 1.165) is 0 Å². The van der Waals surface area contributed by atoms with Crippen LogP contribution in [-0.2, 0) is 23.1 Å². The number of hydrogen-bond acceptors (Lipinski definition) is 6. The van der Waals surface area contributed by atoms with E-state index >= 15 is 0 Å². The Morgan fingerprint density at radius 3 is 2.06 bits per heavy atom. The van der Waals surface area contributed by atoms with Crippen molar-refractivity contribution >= 4 is 13.6 Å². The first-order valence-corrected chi connectivity index (χ1v) is 7.33. The summed E-state index contributed by atoms with van der Waals surface area (Å²) in [4.78, 5) is 11.7. The van der Waals surface area contributed by atoms with Gasteiger partial charge >= 0.3 is 13.6 Å². The molecule has 102 valence electrons. The van der Waals surface area contributed by atoms with Crippen molar-refractivity contribution in [1.82, 2.24) is 0 Å². The zero-order valence-electron chi connectivity index (χ0n) is 10.5. The fraction of sp³-hybridized carbons (Fsp3) is 0.900. The molecule has 0 heterocycles. The van der Waals surface area contributed by atoms with Gasteiger partial charge in [-0.3, -0.25) is 9.36 Å². The molecule has 0 aromatic rings. The van der Waals surface area contributed by atoms with Crippen molar-refractivity contribution in [2.24, 2.45) is 0 Å². The van der Waals surface area contributed by atoms with E-state index in [4.69, 9.17) is 18.9 Å². The average Bonchev–Trinajstić information content (AvgIpc) is 2.26. The van der Waals surface area contributed by atoms with Gasteiger partial charge in [-0.1, -0.05) is 0 Å². The van der Waals surface area contributed by atoms with Crippen LogP contribution >= 0.6 is 7.60 Å². The third-order valence-electron chi connectivity index (χ3n) is 1.96. The van der Waals surface area contributed by atoms with Gasteiger partial charge in [0, 0.05) is 6.61 Å². The van der Waals surface area contributed by atoms with E-state index in [9.17, 15) is 9.36 Å². The molecule has 1 unspecified atom stereocenters. The minimum Gasteiger partial charge on any atom is -0.465 e. The van der Waals surface area contributed by atoms with Crippen LogP contribution in [0, 0.1) is 0 Å². The quantitative estimate of drug-likeness (QED) is 0.505. The smallest absolute Gasteiger partial charge is 0.344 e. The number of esters is 1. The second-order valence-electron chi connectivity index (χ2n) is 3.16. The summed E-state index contributed by atoms with van der Waals surface area (Å²) >= 11 is 0. The number of rotatable bonds is 9. The number of aliphatic hydroxyl groups is 1. The Morgan fingerprint density at radius 2 is 1.71 bits per heavy atom. The molecule has 0 saturated heterocycles. The van der Waals surface area contributed by atoms with Crippen LogP contribution in [0.25, 0.3) is 0 Å². The predicted octanol–water partition coefficient (Wildman–Crippen LogP) is 1.57. The molecule has 0 saturated carbocycles. The van der Waals surface area contributed by atoms with Crippen molar-refractivity contribution in [1.29, 1.82) is 0 Å². The Kier molecular flexibility index (Phi) is 8.43. The van der Waals surface area contributed by atoms with E-state index in [2.05, 4.69) is 0 Å². The summed E-state index contributed by atoms with van der Waals surface area (Å²) in [6.45, 7) is 5.20. The molecule has 17 heavy (non-hydrogen) atoms. The second kappa shape index (κ2) is 8.64. The standard InChI is InChI=1S/C10H21O6P/c1-4-14-10(12)9(7-8-11)17(13,15-5-2)16-6-3/h9,11H,4-8H2,1-3H3. The molecule has 7 heteroatoms. The van der Waals surface area contributed by atoms with E-state index in [1.54, 1.807) is 20.8 Å². The van der Waals surface area contributed by atoms with Crippen LogP contribution in [0.4, 0.5) is 0 Å². The molecule has 0 aliphatic carbocycles. The van der Waals surface area contributed by atoms with Crippen LogP contribution in [0.3, 0.4) is 0 Å². The third-order valence-corrected chi connectivity index (χ3v) is 4.43. The van der Waals surface area contributed by atoms with Gasteiger partial charge in [0.1, 0.15) is 0 Å². The average molecular weight is 268 g/mol. The molecule has 0 bridgehead atoms. The lowest BCUT2D eigenvalue weighted by molar-refractivity contribution is -0.143. The SMILES string of the molecule is CCOC(=O)C(CCO)P(=O)(OCC)OCC. The largest absolute Gasteiger partial charge is 0.465 e. The van der Waals surface area contributed by atoms with Crippen LogP contribution in [0.15, 0.2) is 0 Å². The van der Waals surface area contributed by atoms with Gasteiger partial charge in [0.05, 0.1) is 19.8 Å². The van der Waals surface area contributed by atoms with E-state index in [1.165, 1.54) is 0 Å². The van der Waals surface area contributed by atoms with Crippen molar-refractivity contribution in [3.8, 4) is 0 Å². The molecular weight excluding hydrogens is 247 g/mol. The van der Waals surface area contributed by atoms with Crippen LogP contribution in [0.1, 0.15) is 27.2 Å². The van der Waals surface area contributed by atoms with E-state index < -0.39 is 19.2 Å². The highest BCUT2D eigenvalue weighted by atomic mass is 31.2. The molecule has 0 spiro atoms. The molecule has 0 rings (SSSR count). The first kappa shape index (κ1) is 16.6. The maximum absolute atomic E-state index is 12.4. The zero-order chi connectivity index (χ0) is 13.3.